The van der Waals surface area contributed by atoms with Crippen LogP contribution in [0.15, 0.2) is 16.1 Å². The van der Waals surface area contributed by atoms with Crippen LogP contribution in [0.5, 0.6) is 0 Å². The van der Waals surface area contributed by atoms with Gasteiger partial charge in [-0.1, -0.05) is 25.8 Å². The molecule has 5 heteroatoms. The molecule has 1 spiro atoms. The highest BCUT2D eigenvalue weighted by molar-refractivity contribution is 6.00. The van der Waals surface area contributed by atoms with Gasteiger partial charge in [-0.2, -0.15) is 0 Å². The summed E-state index contributed by atoms with van der Waals surface area (Å²) >= 11 is 0. The molecule has 162 valence electrons. The Morgan fingerprint density at radius 2 is 2.00 bits per heavy atom. The van der Waals surface area contributed by atoms with Gasteiger partial charge in [0.2, 0.25) is 0 Å². The quantitative estimate of drug-likeness (QED) is 0.541. The molecule has 4 N–H and O–H groups in total. The third kappa shape index (κ3) is 3.43. The summed E-state index contributed by atoms with van der Waals surface area (Å²) in [5, 5.41) is 12.5. The van der Waals surface area contributed by atoms with Gasteiger partial charge in [-0.25, -0.2) is 0 Å². The number of allylic oxidation sites excluding steroid dienone is 2. The van der Waals surface area contributed by atoms with E-state index in [0.29, 0.717) is 23.7 Å². The summed E-state index contributed by atoms with van der Waals surface area (Å²) in [5.41, 5.74) is 8.87. The number of nitrogens with one attached hydrogen (secondary N) is 1. The van der Waals surface area contributed by atoms with Crippen LogP contribution in [0.4, 0.5) is 0 Å². The topological polar surface area (TPSA) is 87.7 Å². The second-order valence-electron chi connectivity index (χ2n) is 10.4. The molecule has 4 unspecified atom stereocenters. The molecular formula is C24H39N3O2. The van der Waals surface area contributed by atoms with Crippen LogP contribution >= 0.6 is 0 Å². The Morgan fingerprint density at radius 1 is 1.17 bits per heavy atom. The molecule has 4 atom stereocenters. The molecule has 0 amide bonds. The van der Waals surface area contributed by atoms with Gasteiger partial charge in [0.05, 0.1) is 0 Å². The normalized spacial score (nSPS) is 35.5. The van der Waals surface area contributed by atoms with Crippen LogP contribution in [0.25, 0.3) is 0 Å². The van der Waals surface area contributed by atoms with Gasteiger partial charge in [-0.05, 0) is 80.6 Å². The maximum absolute atomic E-state index is 13.2. The SMILES string of the molecule is CC1(C)C2CCC(CCCCO)C13CC(=O)C(CCCC1CCN=C(N)N1)=C3C2. The first-order valence-corrected chi connectivity index (χ1v) is 11.8. The number of aliphatic hydroxyl groups is 1. The largest absolute Gasteiger partial charge is 0.396 e. The van der Waals surface area contributed by atoms with Crippen molar-refractivity contribution in [1.82, 2.24) is 5.32 Å². The number of Topliss-reactive ketones (excluding diaryl/α,β-unsaturated/α-hetero) is 1. The fraction of sp³-hybridized carbons (Fsp3) is 0.833. The van der Waals surface area contributed by atoms with Crippen molar-refractivity contribution in [3.05, 3.63) is 11.1 Å². The molecule has 2 fully saturated rings. The van der Waals surface area contributed by atoms with Gasteiger partial charge in [0, 0.05) is 31.0 Å². The Bertz CT molecular complexity index is 711. The molecule has 0 aromatic rings. The minimum Gasteiger partial charge on any atom is -0.396 e. The molecule has 4 aliphatic rings. The van der Waals surface area contributed by atoms with E-state index in [0.717, 1.165) is 70.3 Å². The first kappa shape index (κ1) is 20.9. The number of carbonyl (C=O) groups excluding carboxylic acids is 1. The molecule has 5 nitrogen and oxygen atoms in total. The Labute approximate surface area is 175 Å². The number of aliphatic imine (C=N–C) groups is 1. The monoisotopic (exact) mass is 401 g/mol. The van der Waals surface area contributed by atoms with Crippen molar-refractivity contribution in [3.63, 3.8) is 0 Å². The Morgan fingerprint density at radius 3 is 2.76 bits per heavy atom. The lowest BCUT2D eigenvalue weighted by Gasteiger charge is -2.52. The van der Waals surface area contributed by atoms with E-state index in [4.69, 9.17) is 5.73 Å². The van der Waals surface area contributed by atoms with Crippen LogP contribution in [0.3, 0.4) is 0 Å². The minimum atomic E-state index is 0.0952. The molecule has 0 saturated heterocycles. The van der Waals surface area contributed by atoms with Crippen molar-refractivity contribution in [1.29, 1.82) is 0 Å². The van der Waals surface area contributed by atoms with Crippen molar-refractivity contribution in [2.45, 2.75) is 90.5 Å². The third-order valence-electron chi connectivity index (χ3n) is 8.91. The fourth-order valence-electron chi connectivity index (χ4n) is 7.31. The minimum absolute atomic E-state index is 0.0952. The maximum atomic E-state index is 13.2. The van der Waals surface area contributed by atoms with Crippen LogP contribution < -0.4 is 11.1 Å². The molecule has 29 heavy (non-hydrogen) atoms. The highest BCUT2D eigenvalue weighted by Crippen LogP contribution is 2.73. The number of carbonyl (C=O) groups is 1. The number of hydrogen-bond donors (Lipinski definition) is 3. The van der Waals surface area contributed by atoms with E-state index in [1.807, 2.05) is 0 Å². The van der Waals surface area contributed by atoms with E-state index in [1.165, 1.54) is 18.4 Å². The molecular weight excluding hydrogens is 362 g/mol. The zero-order valence-corrected chi connectivity index (χ0v) is 18.3. The summed E-state index contributed by atoms with van der Waals surface area (Å²) in [5.74, 6) is 2.33. The van der Waals surface area contributed by atoms with Gasteiger partial charge in [0.15, 0.2) is 11.7 Å². The number of aliphatic hydroxyl groups excluding tert-OH is 1. The molecule has 0 aromatic heterocycles. The standard InChI is InChI=1S/C24H39N3O2/c1-23(2)17-10-9-16(6-3-4-13-28)24(23)15-21(29)19(20(24)14-17)8-5-7-18-11-12-26-22(25)27-18/h16-18,28H,3-15H2,1-2H3,(H3,25,26,27). The Hall–Kier alpha value is -1.36. The van der Waals surface area contributed by atoms with Crippen molar-refractivity contribution in [3.8, 4) is 0 Å². The number of unbranched alkanes of at least 4 members (excludes halogenated alkanes) is 1. The van der Waals surface area contributed by atoms with E-state index >= 15 is 0 Å². The van der Waals surface area contributed by atoms with Gasteiger partial charge in [0.25, 0.3) is 0 Å². The van der Waals surface area contributed by atoms with Gasteiger partial charge in [-0.15, -0.1) is 0 Å². The summed E-state index contributed by atoms with van der Waals surface area (Å²) in [6.07, 6.45) is 11.6. The second-order valence-corrected chi connectivity index (χ2v) is 10.4. The van der Waals surface area contributed by atoms with Crippen LogP contribution in [-0.2, 0) is 4.79 Å². The molecule has 1 heterocycles. The predicted octanol–water partition coefficient (Wildman–Crippen LogP) is 3.71. The molecule has 0 radical (unpaired) electrons. The highest BCUT2D eigenvalue weighted by atomic mass is 16.2. The van der Waals surface area contributed by atoms with Gasteiger partial charge in [0.1, 0.15) is 0 Å². The molecule has 2 saturated carbocycles. The first-order valence-electron chi connectivity index (χ1n) is 11.8. The number of fused-ring (bicyclic) bond motifs is 1. The van der Waals surface area contributed by atoms with E-state index in [9.17, 15) is 9.90 Å². The zero-order valence-electron chi connectivity index (χ0n) is 18.3. The summed E-state index contributed by atoms with van der Waals surface area (Å²) in [6.45, 7) is 5.97. The van der Waals surface area contributed by atoms with Crippen molar-refractivity contribution in [2.75, 3.05) is 13.2 Å². The van der Waals surface area contributed by atoms with Gasteiger partial charge < -0.3 is 16.2 Å². The number of guanidine groups is 1. The summed E-state index contributed by atoms with van der Waals surface area (Å²) in [4.78, 5) is 17.4. The number of nitrogens with two attached hydrogens (primary N) is 1. The van der Waals surface area contributed by atoms with Crippen LogP contribution in [0.1, 0.15) is 84.5 Å². The second kappa shape index (κ2) is 8.05. The summed E-state index contributed by atoms with van der Waals surface area (Å²) < 4.78 is 0. The Kier molecular flexibility index (Phi) is 5.80. The molecule has 3 aliphatic carbocycles. The highest BCUT2D eigenvalue weighted by Gasteiger charge is 2.66. The third-order valence-corrected chi connectivity index (χ3v) is 8.91. The van der Waals surface area contributed by atoms with Crippen LogP contribution in [0.2, 0.25) is 0 Å². The average molecular weight is 402 g/mol. The van der Waals surface area contributed by atoms with Crippen molar-refractivity contribution >= 4 is 11.7 Å². The number of ketones is 1. The fourth-order valence-corrected chi connectivity index (χ4v) is 7.31. The number of hydrogen-bond acceptors (Lipinski definition) is 5. The Balaban J connectivity index is 1.51. The summed E-state index contributed by atoms with van der Waals surface area (Å²) in [7, 11) is 0. The molecule has 1 aliphatic heterocycles. The lowest BCUT2D eigenvalue weighted by Crippen LogP contribution is -2.46. The lowest BCUT2D eigenvalue weighted by molar-refractivity contribution is -0.120. The molecule has 4 rings (SSSR count). The van der Waals surface area contributed by atoms with E-state index in [2.05, 4.69) is 24.2 Å². The van der Waals surface area contributed by atoms with Gasteiger partial charge >= 0.3 is 0 Å². The smallest absolute Gasteiger partial charge is 0.188 e. The van der Waals surface area contributed by atoms with E-state index in [-0.39, 0.29) is 17.4 Å². The van der Waals surface area contributed by atoms with E-state index < -0.39 is 0 Å². The average Bonchev–Trinajstić information content (AvgIpc) is 2.98. The number of rotatable bonds is 8. The maximum Gasteiger partial charge on any atom is 0.188 e. The molecule has 2 bridgehead atoms. The van der Waals surface area contributed by atoms with Crippen LogP contribution in [-0.4, -0.2) is 36.0 Å². The summed E-state index contributed by atoms with van der Waals surface area (Å²) in [6, 6.07) is 0.397. The van der Waals surface area contributed by atoms with E-state index in [1.54, 1.807) is 5.57 Å². The predicted molar refractivity (Wildman–Crippen MR) is 117 cm³/mol. The lowest BCUT2D eigenvalue weighted by atomic mass is 9.51. The zero-order chi connectivity index (χ0) is 20.6. The van der Waals surface area contributed by atoms with Gasteiger partial charge in [-0.3, -0.25) is 9.79 Å². The van der Waals surface area contributed by atoms with Crippen molar-refractivity contribution in [2.24, 2.45) is 33.4 Å². The first-order chi connectivity index (χ1) is 13.9. The van der Waals surface area contributed by atoms with Crippen LogP contribution in [0, 0.1) is 22.7 Å². The number of nitrogens with zero attached hydrogens (tertiary/aromatic N) is 1. The molecule has 0 aromatic carbocycles. The van der Waals surface area contributed by atoms with Crippen molar-refractivity contribution < 1.29 is 9.90 Å².